The van der Waals surface area contributed by atoms with Gasteiger partial charge in [0.05, 0.1) is 22.9 Å². The number of hydrogen-bond donors (Lipinski definition) is 2. The predicted octanol–water partition coefficient (Wildman–Crippen LogP) is 3.69. The van der Waals surface area contributed by atoms with Gasteiger partial charge in [0, 0.05) is 12.7 Å². The van der Waals surface area contributed by atoms with E-state index in [9.17, 15) is 9.59 Å². The van der Waals surface area contributed by atoms with Crippen molar-refractivity contribution < 1.29 is 9.59 Å². The van der Waals surface area contributed by atoms with Crippen LogP contribution in [0, 0.1) is 6.92 Å². The standard InChI is InChI=1S/C20H20ClN5O2S/c1-13-7-9-14(10-8-13)22-19(28)12-29-20-25-24-17(26(20)2)11-18(27)23-16-6-4-3-5-15(16)21/h3-10H,11-12H2,1-2H3,(H,22,28)(H,23,27). The lowest BCUT2D eigenvalue weighted by atomic mass is 10.2. The van der Waals surface area contributed by atoms with E-state index in [1.54, 1.807) is 35.9 Å². The van der Waals surface area contributed by atoms with Gasteiger partial charge in [-0.15, -0.1) is 10.2 Å². The topological polar surface area (TPSA) is 88.9 Å². The number of benzene rings is 2. The lowest BCUT2D eigenvalue weighted by Crippen LogP contribution is -2.17. The number of rotatable bonds is 7. The monoisotopic (exact) mass is 429 g/mol. The first kappa shape index (κ1) is 20.9. The molecule has 7 nitrogen and oxygen atoms in total. The molecule has 150 valence electrons. The Bertz CT molecular complexity index is 1020. The molecule has 0 atom stereocenters. The third kappa shape index (κ3) is 5.82. The van der Waals surface area contributed by atoms with Gasteiger partial charge in [-0.05, 0) is 31.2 Å². The van der Waals surface area contributed by atoms with E-state index in [1.165, 1.54) is 11.8 Å². The van der Waals surface area contributed by atoms with Gasteiger partial charge in [0.1, 0.15) is 5.82 Å². The van der Waals surface area contributed by atoms with Crippen molar-refractivity contribution in [3.05, 3.63) is 64.9 Å². The normalized spacial score (nSPS) is 10.6. The van der Waals surface area contributed by atoms with E-state index in [4.69, 9.17) is 11.6 Å². The summed E-state index contributed by atoms with van der Waals surface area (Å²) in [6, 6.07) is 14.6. The zero-order valence-corrected chi connectivity index (χ0v) is 17.5. The summed E-state index contributed by atoms with van der Waals surface area (Å²) < 4.78 is 1.70. The van der Waals surface area contributed by atoms with Gasteiger partial charge in [0.15, 0.2) is 5.16 Å². The van der Waals surface area contributed by atoms with E-state index in [-0.39, 0.29) is 24.0 Å². The fraction of sp³-hybridized carbons (Fsp3) is 0.200. The molecule has 0 spiro atoms. The van der Waals surface area contributed by atoms with Crippen molar-refractivity contribution in [2.75, 3.05) is 16.4 Å². The van der Waals surface area contributed by atoms with Crippen molar-refractivity contribution in [1.29, 1.82) is 0 Å². The average molecular weight is 430 g/mol. The second-order valence-electron chi connectivity index (χ2n) is 6.37. The Morgan fingerprint density at radius 3 is 2.48 bits per heavy atom. The fourth-order valence-corrected chi connectivity index (χ4v) is 3.40. The number of aromatic nitrogens is 3. The molecule has 3 aromatic rings. The Hall–Kier alpha value is -2.84. The molecular weight excluding hydrogens is 410 g/mol. The summed E-state index contributed by atoms with van der Waals surface area (Å²) in [6.45, 7) is 1.99. The second-order valence-corrected chi connectivity index (χ2v) is 7.72. The highest BCUT2D eigenvalue weighted by molar-refractivity contribution is 7.99. The van der Waals surface area contributed by atoms with E-state index in [0.29, 0.717) is 21.7 Å². The summed E-state index contributed by atoms with van der Waals surface area (Å²) >= 11 is 7.31. The first-order valence-electron chi connectivity index (χ1n) is 8.84. The quantitative estimate of drug-likeness (QED) is 0.559. The van der Waals surface area contributed by atoms with Gasteiger partial charge in [-0.25, -0.2) is 0 Å². The smallest absolute Gasteiger partial charge is 0.234 e. The van der Waals surface area contributed by atoms with Crippen LogP contribution in [-0.2, 0) is 23.1 Å². The number of thioether (sulfide) groups is 1. The van der Waals surface area contributed by atoms with Crippen LogP contribution in [0.3, 0.4) is 0 Å². The van der Waals surface area contributed by atoms with Crippen LogP contribution in [0.15, 0.2) is 53.7 Å². The number of carbonyl (C=O) groups excluding carboxylic acids is 2. The van der Waals surface area contributed by atoms with Crippen LogP contribution in [0.1, 0.15) is 11.4 Å². The number of aryl methyl sites for hydroxylation is 1. The minimum absolute atomic E-state index is 0.0465. The van der Waals surface area contributed by atoms with Crippen LogP contribution in [0.2, 0.25) is 5.02 Å². The number of halogens is 1. The Morgan fingerprint density at radius 1 is 1.03 bits per heavy atom. The van der Waals surface area contributed by atoms with Gasteiger partial charge in [-0.3, -0.25) is 9.59 Å². The first-order chi connectivity index (χ1) is 13.9. The van der Waals surface area contributed by atoms with E-state index in [0.717, 1.165) is 11.3 Å². The maximum Gasteiger partial charge on any atom is 0.234 e. The highest BCUT2D eigenvalue weighted by Gasteiger charge is 2.15. The molecule has 2 amide bonds. The Balaban J connectivity index is 1.53. The Kier molecular flexibility index (Phi) is 6.90. The van der Waals surface area contributed by atoms with Crippen molar-refractivity contribution in [3.8, 4) is 0 Å². The van der Waals surface area contributed by atoms with Crippen molar-refractivity contribution in [2.24, 2.45) is 7.05 Å². The number of para-hydroxylation sites is 1. The van der Waals surface area contributed by atoms with E-state index < -0.39 is 0 Å². The van der Waals surface area contributed by atoms with Crippen LogP contribution >= 0.6 is 23.4 Å². The fourth-order valence-electron chi connectivity index (χ4n) is 2.49. The molecule has 29 heavy (non-hydrogen) atoms. The van der Waals surface area contributed by atoms with E-state index in [2.05, 4.69) is 20.8 Å². The first-order valence-corrected chi connectivity index (χ1v) is 10.2. The van der Waals surface area contributed by atoms with Crippen molar-refractivity contribution in [1.82, 2.24) is 14.8 Å². The molecule has 0 fully saturated rings. The van der Waals surface area contributed by atoms with Gasteiger partial charge in [-0.1, -0.05) is 53.2 Å². The van der Waals surface area contributed by atoms with Crippen molar-refractivity contribution in [2.45, 2.75) is 18.5 Å². The molecule has 1 aromatic heterocycles. The van der Waals surface area contributed by atoms with Gasteiger partial charge < -0.3 is 15.2 Å². The highest BCUT2D eigenvalue weighted by Crippen LogP contribution is 2.21. The number of nitrogens with zero attached hydrogens (tertiary/aromatic N) is 3. The van der Waals surface area contributed by atoms with Gasteiger partial charge in [-0.2, -0.15) is 0 Å². The van der Waals surface area contributed by atoms with E-state index in [1.807, 2.05) is 31.2 Å². The summed E-state index contributed by atoms with van der Waals surface area (Å²) in [4.78, 5) is 24.4. The molecule has 2 aromatic carbocycles. The third-order valence-electron chi connectivity index (χ3n) is 4.06. The molecule has 0 aliphatic carbocycles. The maximum atomic E-state index is 12.3. The average Bonchev–Trinajstić information content (AvgIpc) is 3.03. The van der Waals surface area contributed by atoms with Crippen molar-refractivity contribution >= 4 is 46.6 Å². The summed E-state index contributed by atoms with van der Waals surface area (Å²) in [7, 11) is 1.76. The summed E-state index contributed by atoms with van der Waals surface area (Å²) in [6.07, 6.45) is 0.0465. The maximum absolute atomic E-state index is 12.3. The number of nitrogens with one attached hydrogen (secondary N) is 2. The van der Waals surface area contributed by atoms with Gasteiger partial charge >= 0.3 is 0 Å². The van der Waals surface area contributed by atoms with Gasteiger partial charge in [0.25, 0.3) is 0 Å². The molecule has 0 radical (unpaired) electrons. The Morgan fingerprint density at radius 2 is 1.76 bits per heavy atom. The minimum Gasteiger partial charge on any atom is -0.325 e. The molecule has 0 saturated carbocycles. The molecule has 0 aliphatic rings. The zero-order valence-electron chi connectivity index (χ0n) is 16.0. The van der Waals surface area contributed by atoms with Crippen LogP contribution in [0.5, 0.6) is 0 Å². The highest BCUT2D eigenvalue weighted by atomic mass is 35.5. The van der Waals surface area contributed by atoms with Gasteiger partial charge in [0.2, 0.25) is 11.8 Å². The summed E-state index contributed by atoms with van der Waals surface area (Å²) in [5.74, 6) is 0.296. The second kappa shape index (κ2) is 9.58. The van der Waals surface area contributed by atoms with Crippen LogP contribution in [0.25, 0.3) is 0 Å². The van der Waals surface area contributed by atoms with Crippen LogP contribution < -0.4 is 10.6 Å². The number of amides is 2. The van der Waals surface area contributed by atoms with Crippen molar-refractivity contribution in [3.63, 3.8) is 0 Å². The SMILES string of the molecule is Cc1ccc(NC(=O)CSc2nnc(CC(=O)Nc3ccccc3Cl)n2C)cc1. The summed E-state index contributed by atoms with van der Waals surface area (Å²) in [5, 5.41) is 14.7. The molecule has 0 aliphatic heterocycles. The molecular formula is C20H20ClN5O2S. The molecule has 0 unspecified atom stereocenters. The molecule has 9 heteroatoms. The molecule has 0 bridgehead atoms. The van der Waals surface area contributed by atoms with Crippen LogP contribution in [0.4, 0.5) is 11.4 Å². The molecule has 1 heterocycles. The molecule has 2 N–H and O–H groups in total. The number of anilines is 2. The molecule has 3 rings (SSSR count). The Labute approximate surface area is 177 Å². The minimum atomic E-state index is -0.248. The summed E-state index contributed by atoms with van der Waals surface area (Å²) in [5.41, 5.74) is 2.42. The van der Waals surface area contributed by atoms with E-state index >= 15 is 0 Å². The predicted molar refractivity (Wildman–Crippen MR) is 115 cm³/mol. The van der Waals surface area contributed by atoms with Crippen LogP contribution in [-0.4, -0.2) is 32.3 Å². The lowest BCUT2D eigenvalue weighted by Gasteiger charge is -2.07. The number of hydrogen-bond acceptors (Lipinski definition) is 5. The lowest BCUT2D eigenvalue weighted by molar-refractivity contribution is -0.116. The number of carbonyl (C=O) groups is 2. The zero-order chi connectivity index (χ0) is 20.8. The third-order valence-corrected chi connectivity index (χ3v) is 5.41. The largest absolute Gasteiger partial charge is 0.325 e. The molecule has 0 saturated heterocycles.